The van der Waals surface area contributed by atoms with Gasteiger partial charge in [-0.2, -0.15) is 0 Å². The minimum absolute atomic E-state index is 0.0510. The average molecular weight is 439 g/mol. The maximum absolute atomic E-state index is 12.6. The van der Waals surface area contributed by atoms with Gasteiger partial charge in [0, 0.05) is 11.6 Å². The van der Waals surface area contributed by atoms with Gasteiger partial charge in [-0.25, -0.2) is 0 Å². The molecule has 0 bridgehead atoms. The largest absolute Gasteiger partial charge is 0.490 e. The van der Waals surface area contributed by atoms with Crippen LogP contribution in [-0.2, 0) is 11.2 Å². The summed E-state index contributed by atoms with van der Waals surface area (Å²) in [5.41, 5.74) is 1.73. The van der Waals surface area contributed by atoms with E-state index in [1.54, 1.807) is 18.2 Å². The van der Waals surface area contributed by atoms with E-state index in [1.165, 1.54) is 12.0 Å². The molecule has 172 valence electrons. The smallest absolute Gasteiger partial charge is 0.251 e. The molecule has 2 aromatic rings. The van der Waals surface area contributed by atoms with E-state index in [2.05, 4.69) is 34.9 Å². The molecule has 0 heterocycles. The lowest BCUT2D eigenvalue weighted by Gasteiger charge is -2.32. The third kappa shape index (κ3) is 6.74. The fraction of sp³-hybridized carbons (Fsp3) is 0.462. The van der Waals surface area contributed by atoms with Gasteiger partial charge in [-0.05, 0) is 62.8 Å². The first kappa shape index (κ1) is 23.6. The Bertz CT molecular complexity index is 885. The normalized spacial score (nSPS) is 17.9. The van der Waals surface area contributed by atoms with E-state index in [9.17, 15) is 9.59 Å². The summed E-state index contributed by atoms with van der Waals surface area (Å²) in [6, 6.07) is 15.6. The van der Waals surface area contributed by atoms with Crippen LogP contribution < -0.4 is 20.1 Å². The van der Waals surface area contributed by atoms with Gasteiger partial charge in [-0.1, -0.05) is 43.2 Å². The van der Waals surface area contributed by atoms with Gasteiger partial charge in [0.15, 0.2) is 11.5 Å². The van der Waals surface area contributed by atoms with E-state index in [4.69, 9.17) is 9.47 Å². The van der Waals surface area contributed by atoms with E-state index >= 15 is 0 Å². The first-order valence-electron chi connectivity index (χ1n) is 11.6. The molecule has 2 amide bonds. The highest BCUT2D eigenvalue weighted by molar-refractivity contribution is 5.97. The van der Waals surface area contributed by atoms with Crippen molar-refractivity contribution >= 4 is 11.8 Å². The molecule has 0 saturated heterocycles. The Hall–Kier alpha value is -3.02. The summed E-state index contributed by atoms with van der Waals surface area (Å²) in [6.45, 7) is 4.71. The van der Waals surface area contributed by atoms with Gasteiger partial charge in [0.1, 0.15) is 0 Å². The van der Waals surface area contributed by atoms with Gasteiger partial charge in [0.25, 0.3) is 5.91 Å². The first-order chi connectivity index (χ1) is 15.6. The standard InChI is InChI=1S/C26H34N2O4/c1-3-31-23-15-14-21(17-24(23)32-4-2)26(30)27-18-25(29)28-22-13-9-8-12-20(22)16-19-10-6-5-7-11-19/h5-7,10-11,14-15,17,20,22H,3-4,8-9,12-13,16,18H2,1-2H3,(H,27,30)(H,28,29). The Morgan fingerprint density at radius 1 is 0.938 bits per heavy atom. The van der Waals surface area contributed by atoms with Crippen LogP contribution in [0.3, 0.4) is 0 Å². The SMILES string of the molecule is CCOc1ccc(C(=O)NCC(=O)NC2CCCCC2Cc2ccccc2)cc1OCC. The molecule has 2 atom stereocenters. The minimum Gasteiger partial charge on any atom is -0.490 e. The van der Waals surface area contributed by atoms with E-state index in [-0.39, 0.29) is 24.4 Å². The second-order valence-corrected chi connectivity index (χ2v) is 8.12. The van der Waals surface area contributed by atoms with Crippen molar-refractivity contribution in [1.29, 1.82) is 0 Å². The average Bonchev–Trinajstić information content (AvgIpc) is 2.81. The lowest BCUT2D eigenvalue weighted by molar-refractivity contribution is -0.121. The zero-order chi connectivity index (χ0) is 22.8. The Labute approximate surface area is 190 Å². The molecule has 1 saturated carbocycles. The highest BCUT2D eigenvalue weighted by Gasteiger charge is 2.26. The van der Waals surface area contributed by atoms with Gasteiger partial charge >= 0.3 is 0 Å². The topological polar surface area (TPSA) is 76.7 Å². The van der Waals surface area contributed by atoms with Crippen molar-refractivity contribution in [3.63, 3.8) is 0 Å². The van der Waals surface area contributed by atoms with Crippen LogP contribution in [0.4, 0.5) is 0 Å². The Morgan fingerprint density at radius 3 is 2.41 bits per heavy atom. The number of benzene rings is 2. The second-order valence-electron chi connectivity index (χ2n) is 8.12. The lowest BCUT2D eigenvalue weighted by atomic mass is 9.80. The van der Waals surface area contributed by atoms with Gasteiger partial charge in [-0.3, -0.25) is 9.59 Å². The van der Waals surface area contributed by atoms with Crippen LogP contribution in [0.25, 0.3) is 0 Å². The predicted octanol–water partition coefficient (Wildman–Crippen LogP) is 4.13. The maximum Gasteiger partial charge on any atom is 0.251 e. The van der Waals surface area contributed by atoms with Gasteiger partial charge < -0.3 is 20.1 Å². The summed E-state index contributed by atoms with van der Waals surface area (Å²) in [5, 5.41) is 5.88. The van der Waals surface area contributed by atoms with Gasteiger partial charge in [-0.15, -0.1) is 0 Å². The molecule has 2 N–H and O–H groups in total. The lowest BCUT2D eigenvalue weighted by Crippen LogP contribution is -2.46. The number of carbonyl (C=O) groups excluding carboxylic acids is 2. The van der Waals surface area contributed by atoms with Crippen molar-refractivity contribution in [3.05, 3.63) is 59.7 Å². The van der Waals surface area contributed by atoms with Gasteiger partial charge in [0.2, 0.25) is 5.91 Å². The maximum atomic E-state index is 12.6. The summed E-state index contributed by atoms with van der Waals surface area (Å²) in [5.74, 6) is 1.08. The summed E-state index contributed by atoms with van der Waals surface area (Å²) in [6.07, 6.45) is 5.37. The number of hydrogen-bond acceptors (Lipinski definition) is 4. The minimum atomic E-state index is -0.311. The van der Waals surface area contributed by atoms with Crippen LogP contribution >= 0.6 is 0 Å². The first-order valence-corrected chi connectivity index (χ1v) is 11.6. The van der Waals surface area contributed by atoms with Crippen LogP contribution in [-0.4, -0.2) is 37.6 Å². The number of nitrogens with one attached hydrogen (secondary N) is 2. The summed E-state index contributed by atoms with van der Waals surface area (Å²) in [7, 11) is 0. The van der Waals surface area contributed by atoms with Crippen LogP contribution in [0.15, 0.2) is 48.5 Å². The molecule has 3 rings (SSSR count). The van der Waals surface area contributed by atoms with Crippen LogP contribution in [0.5, 0.6) is 11.5 Å². The zero-order valence-corrected chi connectivity index (χ0v) is 19.1. The number of amides is 2. The van der Waals surface area contributed by atoms with Crippen molar-refractivity contribution in [1.82, 2.24) is 10.6 Å². The van der Waals surface area contributed by atoms with Crippen LogP contribution in [0, 0.1) is 5.92 Å². The van der Waals surface area contributed by atoms with Crippen molar-refractivity contribution in [2.24, 2.45) is 5.92 Å². The highest BCUT2D eigenvalue weighted by atomic mass is 16.5. The third-order valence-electron chi connectivity index (χ3n) is 5.81. The van der Waals surface area contributed by atoms with E-state index < -0.39 is 0 Å². The quantitative estimate of drug-likeness (QED) is 0.585. The molecule has 0 spiro atoms. The predicted molar refractivity (Wildman–Crippen MR) is 125 cm³/mol. The van der Waals surface area contributed by atoms with Crippen molar-refractivity contribution < 1.29 is 19.1 Å². The van der Waals surface area contributed by atoms with Crippen molar-refractivity contribution in [2.45, 2.75) is 52.0 Å². The molecule has 32 heavy (non-hydrogen) atoms. The molecule has 6 heteroatoms. The van der Waals surface area contributed by atoms with E-state index in [1.807, 2.05) is 19.9 Å². The molecule has 0 aromatic heterocycles. The fourth-order valence-electron chi connectivity index (χ4n) is 4.27. The molecule has 1 fully saturated rings. The molecule has 1 aliphatic carbocycles. The number of carbonyl (C=O) groups is 2. The second kappa shape index (κ2) is 12.1. The van der Waals surface area contributed by atoms with Crippen molar-refractivity contribution in [2.75, 3.05) is 19.8 Å². The molecule has 6 nitrogen and oxygen atoms in total. The molecule has 2 unspecified atom stereocenters. The Balaban J connectivity index is 1.54. The Morgan fingerprint density at radius 2 is 1.66 bits per heavy atom. The highest BCUT2D eigenvalue weighted by Crippen LogP contribution is 2.29. The van der Waals surface area contributed by atoms with E-state index in [0.29, 0.717) is 36.2 Å². The summed E-state index contributed by atoms with van der Waals surface area (Å²) < 4.78 is 11.1. The van der Waals surface area contributed by atoms with Crippen molar-refractivity contribution in [3.8, 4) is 11.5 Å². The number of ether oxygens (including phenoxy) is 2. The van der Waals surface area contributed by atoms with E-state index in [0.717, 1.165) is 25.7 Å². The Kier molecular flexibility index (Phi) is 8.96. The summed E-state index contributed by atoms with van der Waals surface area (Å²) in [4.78, 5) is 25.2. The molecule has 0 radical (unpaired) electrons. The molecule has 2 aromatic carbocycles. The monoisotopic (exact) mass is 438 g/mol. The molecule has 0 aliphatic heterocycles. The molecular weight excluding hydrogens is 404 g/mol. The van der Waals surface area contributed by atoms with Crippen LogP contribution in [0.1, 0.15) is 55.5 Å². The molecule has 1 aliphatic rings. The van der Waals surface area contributed by atoms with Gasteiger partial charge in [0.05, 0.1) is 19.8 Å². The fourth-order valence-corrected chi connectivity index (χ4v) is 4.27. The third-order valence-corrected chi connectivity index (χ3v) is 5.81. The molecular formula is C26H34N2O4. The number of rotatable bonds is 10. The van der Waals surface area contributed by atoms with Crippen LogP contribution in [0.2, 0.25) is 0 Å². The summed E-state index contributed by atoms with van der Waals surface area (Å²) >= 11 is 0. The zero-order valence-electron chi connectivity index (χ0n) is 19.1. The number of hydrogen-bond donors (Lipinski definition) is 2.